The van der Waals surface area contributed by atoms with Crippen LogP contribution in [0.25, 0.3) is 21.9 Å². The van der Waals surface area contributed by atoms with Gasteiger partial charge in [0.2, 0.25) is 11.6 Å². The van der Waals surface area contributed by atoms with Crippen LogP contribution in [0.4, 0.5) is 0 Å². The summed E-state index contributed by atoms with van der Waals surface area (Å²) in [5, 5.41) is 5.74. The van der Waals surface area contributed by atoms with Gasteiger partial charge in [0.05, 0.1) is 6.16 Å². The lowest BCUT2D eigenvalue weighted by Crippen LogP contribution is -2.32. The van der Waals surface area contributed by atoms with Crippen LogP contribution in [-0.2, 0) is 6.16 Å². The second-order valence-electron chi connectivity index (χ2n) is 10.2. The third-order valence-electron chi connectivity index (χ3n) is 8.00. The zero-order valence-electron chi connectivity index (χ0n) is 21.8. The van der Waals surface area contributed by atoms with E-state index < -0.39 is 18.8 Å². The zero-order chi connectivity index (χ0) is 27.1. The fraction of sp³-hybridized carbons (Fsp3) is 0.0270. The van der Waals surface area contributed by atoms with Crippen molar-refractivity contribution in [1.29, 1.82) is 0 Å². The normalized spacial score (nSPS) is 12.7. The smallest absolute Gasteiger partial charge is 0.234 e. The predicted octanol–water partition coefficient (Wildman–Crippen LogP) is 7.38. The van der Waals surface area contributed by atoms with E-state index in [0.717, 1.165) is 28.1 Å². The molecule has 0 amide bonds. The fourth-order valence-corrected chi connectivity index (χ4v) is 10.4. The van der Waals surface area contributed by atoms with Crippen molar-refractivity contribution in [2.24, 2.45) is 0 Å². The van der Waals surface area contributed by atoms with Gasteiger partial charge in [-0.05, 0) is 58.5 Å². The Morgan fingerprint density at radius 1 is 0.450 bits per heavy atom. The molecule has 0 atom stereocenters. The summed E-state index contributed by atoms with van der Waals surface area (Å²) in [6.45, 7) is 0. The fourth-order valence-electron chi connectivity index (χ4n) is 6.11. The van der Waals surface area contributed by atoms with Crippen molar-refractivity contribution in [3.05, 3.63) is 162 Å². The highest BCUT2D eigenvalue weighted by Crippen LogP contribution is 2.58. The number of rotatable bonds is 6. The molecule has 6 aromatic rings. The van der Waals surface area contributed by atoms with Crippen LogP contribution in [0.15, 0.2) is 146 Å². The minimum atomic E-state index is -2.02. The number of hydrogen-bond donors (Lipinski definition) is 0. The number of carbonyl (C=O) groups is 2. The van der Waals surface area contributed by atoms with Gasteiger partial charge in [-0.3, -0.25) is 9.59 Å². The maximum Gasteiger partial charge on any atom is 0.234 e. The number of carbonyl (C=O) groups excluding carboxylic acids is 2. The van der Waals surface area contributed by atoms with Gasteiger partial charge < -0.3 is 0 Å². The molecule has 190 valence electrons. The molecule has 1 aliphatic rings. The first-order chi connectivity index (χ1) is 19.7. The number of benzene rings is 6. The van der Waals surface area contributed by atoms with Gasteiger partial charge in [-0.1, -0.05) is 109 Å². The molecule has 0 heterocycles. The van der Waals surface area contributed by atoms with Crippen LogP contribution in [0, 0.1) is 0 Å². The van der Waals surface area contributed by atoms with Gasteiger partial charge >= 0.3 is 0 Å². The lowest BCUT2D eigenvalue weighted by atomic mass is 9.94. The van der Waals surface area contributed by atoms with E-state index in [0.29, 0.717) is 11.1 Å². The second kappa shape index (κ2) is 9.83. The first kappa shape index (κ1) is 24.4. The quantitative estimate of drug-likeness (QED) is 0.165. The monoisotopic (exact) mass is 533 g/mol. The van der Waals surface area contributed by atoms with Crippen LogP contribution < -0.4 is 15.9 Å². The first-order valence-corrected chi connectivity index (χ1v) is 15.4. The molecule has 0 spiro atoms. The summed E-state index contributed by atoms with van der Waals surface area (Å²) in [7, 11) is -2.02. The van der Waals surface area contributed by atoms with Crippen molar-refractivity contribution in [2.45, 2.75) is 6.16 Å². The molecule has 0 saturated heterocycles. The summed E-state index contributed by atoms with van der Waals surface area (Å²) in [5.41, 5.74) is 4.04. The van der Waals surface area contributed by atoms with E-state index in [9.17, 15) is 9.59 Å². The molecule has 0 N–H and O–H groups in total. The Kier molecular flexibility index (Phi) is 5.99. The van der Waals surface area contributed by atoms with E-state index in [1.807, 2.05) is 24.3 Å². The van der Waals surface area contributed by atoms with E-state index in [-0.39, 0.29) is 0 Å². The van der Waals surface area contributed by atoms with Crippen molar-refractivity contribution in [1.82, 2.24) is 0 Å². The van der Waals surface area contributed by atoms with Crippen molar-refractivity contribution < 1.29 is 9.59 Å². The van der Waals surface area contributed by atoms with Crippen LogP contribution in [0.3, 0.4) is 0 Å². The van der Waals surface area contributed by atoms with E-state index in [2.05, 4.69) is 115 Å². The van der Waals surface area contributed by atoms with Crippen LogP contribution >= 0.6 is 7.26 Å². The third kappa shape index (κ3) is 3.84. The maximum atomic E-state index is 13.1. The molecule has 1 aliphatic carbocycles. The lowest BCUT2D eigenvalue weighted by Gasteiger charge is -2.28. The summed E-state index contributed by atoms with van der Waals surface area (Å²) in [6, 6.07) is 50.7. The number of hydrogen-bond acceptors (Lipinski definition) is 2. The van der Waals surface area contributed by atoms with E-state index >= 15 is 0 Å². The summed E-state index contributed by atoms with van der Waals surface area (Å²) in [6.07, 6.45) is 0.872. The molecule has 40 heavy (non-hydrogen) atoms. The van der Waals surface area contributed by atoms with Gasteiger partial charge in [-0.15, -0.1) is 0 Å². The minimum absolute atomic E-state index is 0.409. The van der Waals surface area contributed by atoms with Gasteiger partial charge in [0.25, 0.3) is 0 Å². The molecule has 0 bridgehead atoms. The average molecular weight is 534 g/mol. The Morgan fingerprint density at radius 2 is 1.00 bits per heavy atom. The van der Waals surface area contributed by atoms with Crippen LogP contribution in [0.2, 0.25) is 0 Å². The molecule has 2 nitrogen and oxygen atoms in total. The van der Waals surface area contributed by atoms with Crippen LogP contribution in [0.1, 0.15) is 26.3 Å². The average Bonchev–Trinajstić information content (AvgIpc) is 3.29. The van der Waals surface area contributed by atoms with Gasteiger partial charge in [0, 0.05) is 16.5 Å². The molecular weight excluding hydrogens is 507 g/mol. The molecule has 0 radical (unpaired) electrons. The first-order valence-electron chi connectivity index (χ1n) is 13.5. The minimum Gasteiger partial charge on any atom is -0.285 e. The predicted molar refractivity (Wildman–Crippen MR) is 167 cm³/mol. The molecule has 7 rings (SSSR count). The van der Waals surface area contributed by atoms with E-state index in [1.54, 1.807) is 6.07 Å². The molecule has 6 aromatic carbocycles. The van der Waals surface area contributed by atoms with Crippen LogP contribution in [-0.4, -0.2) is 11.6 Å². The van der Waals surface area contributed by atoms with Gasteiger partial charge in [-0.25, -0.2) is 0 Å². The van der Waals surface area contributed by atoms with E-state index in [4.69, 9.17) is 0 Å². The topological polar surface area (TPSA) is 34.1 Å². The highest BCUT2D eigenvalue weighted by molar-refractivity contribution is 7.95. The Labute approximate surface area is 234 Å². The van der Waals surface area contributed by atoms with Crippen molar-refractivity contribution >= 4 is 45.5 Å². The molecule has 0 fully saturated rings. The Morgan fingerprint density at radius 3 is 1.55 bits per heavy atom. The molecule has 0 unspecified atom stereocenters. The highest BCUT2D eigenvalue weighted by Gasteiger charge is 2.45. The van der Waals surface area contributed by atoms with Gasteiger partial charge in [0.1, 0.15) is 23.2 Å². The van der Waals surface area contributed by atoms with Crippen molar-refractivity contribution in [3.63, 3.8) is 0 Å². The maximum absolute atomic E-state index is 13.1. The largest absolute Gasteiger partial charge is 0.285 e. The SMILES string of the molecule is O=C1C(=O)c2c(-c3ccc(C[P+](c4ccccc4)(c4ccccc4)c4ccccc4)cc3)ccc3cccc1c23. The lowest BCUT2D eigenvalue weighted by molar-refractivity contribution is 0.0825. The Balaban J connectivity index is 1.35. The van der Waals surface area contributed by atoms with Gasteiger partial charge in [0.15, 0.2) is 0 Å². The van der Waals surface area contributed by atoms with Gasteiger partial charge in [-0.2, -0.15) is 0 Å². The van der Waals surface area contributed by atoms with Crippen molar-refractivity contribution in [2.75, 3.05) is 0 Å². The zero-order valence-corrected chi connectivity index (χ0v) is 22.7. The molecule has 3 heteroatoms. The number of Topliss-reactive ketones (excluding diaryl/α,β-unsaturated/α-hetero) is 2. The Bertz CT molecular complexity index is 1780. The molecule has 0 saturated carbocycles. The molecule has 0 aromatic heterocycles. The Hall–Kier alpha value is -4.65. The molecule has 0 aliphatic heterocycles. The summed E-state index contributed by atoms with van der Waals surface area (Å²) < 4.78 is 0. The summed E-state index contributed by atoms with van der Waals surface area (Å²) in [5.74, 6) is -0.819. The number of ketones is 2. The van der Waals surface area contributed by atoms with Crippen molar-refractivity contribution in [3.8, 4) is 11.1 Å². The van der Waals surface area contributed by atoms with Crippen LogP contribution in [0.5, 0.6) is 0 Å². The van der Waals surface area contributed by atoms with E-state index in [1.165, 1.54) is 21.5 Å². The standard InChI is InChI=1S/C37H26O2P/c38-36-33-18-10-11-28-23-24-32(35(34(28)33)37(36)39)27-21-19-26(20-22-27)25-40(29-12-4-1-5-13-29,30-14-6-2-7-15-30)31-16-8-3-9-17-31/h1-24H,25H2/q+1. The summed E-state index contributed by atoms with van der Waals surface area (Å²) >= 11 is 0. The summed E-state index contributed by atoms with van der Waals surface area (Å²) in [4.78, 5) is 25.8. The highest BCUT2D eigenvalue weighted by atomic mass is 31.2. The second-order valence-corrected chi connectivity index (χ2v) is 13.7. The third-order valence-corrected chi connectivity index (χ3v) is 12.4. The molecular formula is C37H26O2P+.